The standard InChI is InChI=1S/C15H25NO/c1-4-7-13(3)17-15-9-6-8-14(11-15)12-16-10-5-2/h6,8-9,11,13,16H,4-5,7,10,12H2,1-3H3. The van der Waals surface area contributed by atoms with Crippen molar-refractivity contribution in [1.29, 1.82) is 0 Å². The minimum Gasteiger partial charge on any atom is -0.491 e. The number of benzene rings is 1. The summed E-state index contributed by atoms with van der Waals surface area (Å²) in [6.07, 6.45) is 3.75. The van der Waals surface area contributed by atoms with Gasteiger partial charge in [-0.15, -0.1) is 0 Å². The van der Waals surface area contributed by atoms with Gasteiger partial charge in [0, 0.05) is 6.54 Å². The van der Waals surface area contributed by atoms with E-state index in [4.69, 9.17) is 4.74 Å². The van der Waals surface area contributed by atoms with Crippen LogP contribution in [-0.4, -0.2) is 12.6 Å². The highest BCUT2D eigenvalue weighted by Crippen LogP contribution is 2.16. The van der Waals surface area contributed by atoms with Crippen LogP contribution in [0, 0.1) is 0 Å². The Labute approximate surface area is 105 Å². The third kappa shape index (κ3) is 5.73. The molecule has 0 amide bonds. The first kappa shape index (κ1) is 14.0. The van der Waals surface area contributed by atoms with Gasteiger partial charge in [-0.05, 0) is 44.0 Å². The normalized spacial score (nSPS) is 12.4. The van der Waals surface area contributed by atoms with Crippen molar-refractivity contribution in [3.8, 4) is 5.75 Å². The molecule has 0 heterocycles. The molecular weight excluding hydrogens is 210 g/mol. The Morgan fingerprint density at radius 2 is 2.06 bits per heavy atom. The summed E-state index contributed by atoms with van der Waals surface area (Å²) in [6.45, 7) is 8.49. The molecule has 0 aromatic heterocycles. The van der Waals surface area contributed by atoms with E-state index in [-0.39, 0.29) is 0 Å². The van der Waals surface area contributed by atoms with Gasteiger partial charge in [0.15, 0.2) is 0 Å². The van der Waals surface area contributed by atoms with Crippen LogP contribution in [0.15, 0.2) is 24.3 Å². The third-order valence-electron chi connectivity index (χ3n) is 2.69. The minimum atomic E-state index is 0.304. The topological polar surface area (TPSA) is 21.3 Å². The van der Waals surface area contributed by atoms with Gasteiger partial charge in [-0.1, -0.05) is 32.4 Å². The van der Waals surface area contributed by atoms with Crippen LogP contribution in [-0.2, 0) is 6.54 Å². The molecule has 0 spiro atoms. The number of ether oxygens (including phenoxy) is 1. The Balaban J connectivity index is 2.47. The lowest BCUT2D eigenvalue weighted by Gasteiger charge is -2.14. The van der Waals surface area contributed by atoms with E-state index in [1.807, 2.05) is 6.07 Å². The molecule has 0 saturated carbocycles. The van der Waals surface area contributed by atoms with Crippen molar-refractivity contribution in [3.05, 3.63) is 29.8 Å². The van der Waals surface area contributed by atoms with Crippen molar-refractivity contribution in [3.63, 3.8) is 0 Å². The van der Waals surface area contributed by atoms with Crippen molar-refractivity contribution in [2.75, 3.05) is 6.54 Å². The molecule has 17 heavy (non-hydrogen) atoms. The van der Waals surface area contributed by atoms with Gasteiger partial charge < -0.3 is 10.1 Å². The zero-order chi connectivity index (χ0) is 12.5. The maximum atomic E-state index is 5.87. The van der Waals surface area contributed by atoms with E-state index in [0.717, 1.165) is 25.3 Å². The van der Waals surface area contributed by atoms with Gasteiger partial charge in [0.2, 0.25) is 0 Å². The lowest BCUT2D eigenvalue weighted by molar-refractivity contribution is 0.210. The largest absolute Gasteiger partial charge is 0.491 e. The number of nitrogens with one attached hydrogen (secondary N) is 1. The third-order valence-corrected chi connectivity index (χ3v) is 2.69. The predicted octanol–water partition coefficient (Wildman–Crippen LogP) is 3.75. The van der Waals surface area contributed by atoms with Gasteiger partial charge >= 0.3 is 0 Å². The molecule has 1 rings (SSSR count). The van der Waals surface area contributed by atoms with Crippen molar-refractivity contribution >= 4 is 0 Å². The van der Waals surface area contributed by atoms with Crippen LogP contribution in [0.4, 0.5) is 0 Å². The molecule has 0 radical (unpaired) electrons. The second-order valence-corrected chi connectivity index (χ2v) is 4.54. The highest BCUT2D eigenvalue weighted by molar-refractivity contribution is 5.28. The summed E-state index contributed by atoms with van der Waals surface area (Å²) in [7, 11) is 0. The van der Waals surface area contributed by atoms with Gasteiger partial charge in [-0.25, -0.2) is 0 Å². The van der Waals surface area contributed by atoms with E-state index in [1.165, 1.54) is 18.4 Å². The van der Waals surface area contributed by atoms with Crippen LogP contribution < -0.4 is 10.1 Å². The van der Waals surface area contributed by atoms with Crippen LogP contribution in [0.3, 0.4) is 0 Å². The molecule has 0 aliphatic heterocycles. The molecule has 0 bridgehead atoms. The lowest BCUT2D eigenvalue weighted by Crippen LogP contribution is -2.14. The van der Waals surface area contributed by atoms with E-state index >= 15 is 0 Å². The second-order valence-electron chi connectivity index (χ2n) is 4.54. The molecule has 1 unspecified atom stereocenters. The fourth-order valence-corrected chi connectivity index (χ4v) is 1.84. The molecule has 2 nitrogen and oxygen atoms in total. The van der Waals surface area contributed by atoms with Crippen LogP contribution in [0.2, 0.25) is 0 Å². The van der Waals surface area contributed by atoms with Gasteiger partial charge in [-0.2, -0.15) is 0 Å². The fourth-order valence-electron chi connectivity index (χ4n) is 1.84. The zero-order valence-corrected chi connectivity index (χ0v) is 11.3. The van der Waals surface area contributed by atoms with Crippen molar-refractivity contribution < 1.29 is 4.74 Å². The quantitative estimate of drug-likeness (QED) is 0.693. The molecule has 1 aromatic rings. The summed E-state index contributed by atoms with van der Waals surface area (Å²) in [5.41, 5.74) is 1.29. The molecule has 96 valence electrons. The summed E-state index contributed by atoms with van der Waals surface area (Å²) in [4.78, 5) is 0. The first-order valence-electron chi connectivity index (χ1n) is 6.72. The van der Waals surface area contributed by atoms with Gasteiger partial charge in [0.25, 0.3) is 0 Å². The smallest absolute Gasteiger partial charge is 0.120 e. The summed E-state index contributed by atoms with van der Waals surface area (Å²) >= 11 is 0. The number of hydrogen-bond donors (Lipinski definition) is 1. The Morgan fingerprint density at radius 1 is 1.24 bits per heavy atom. The molecular formula is C15H25NO. The van der Waals surface area contributed by atoms with Crippen LogP contribution in [0.1, 0.15) is 45.6 Å². The van der Waals surface area contributed by atoms with Gasteiger partial charge in [0.05, 0.1) is 6.10 Å². The van der Waals surface area contributed by atoms with Crippen molar-refractivity contribution in [1.82, 2.24) is 5.32 Å². The molecule has 0 aliphatic rings. The fraction of sp³-hybridized carbons (Fsp3) is 0.600. The second kappa shape index (κ2) is 8.13. The Morgan fingerprint density at radius 3 is 2.76 bits per heavy atom. The van der Waals surface area contributed by atoms with Crippen molar-refractivity contribution in [2.45, 2.75) is 52.7 Å². The molecule has 0 fully saturated rings. The number of hydrogen-bond acceptors (Lipinski definition) is 2. The highest BCUT2D eigenvalue weighted by atomic mass is 16.5. The molecule has 1 aromatic carbocycles. The monoisotopic (exact) mass is 235 g/mol. The molecule has 1 N–H and O–H groups in total. The van der Waals surface area contributed by atoms with Crippen molar-refractivity contribution in [2.24, 2.45) is 0 Å². The molecule has 1 atom stereocenters. The first-order valence-corrected chi connectivity index (χ1v) is 6.72. The SMILES string of the molecule is CCCNCc1cccc(OC(C)CCC)c1. The summed E-state index contributed by atoms with van der Waals surface area (Å²) in [5, 5.41) is 3.40. The summed E-state index contributed by atoms with van der Waals surface area (Å²) < 4.78 is 5.87. The highest BCUT2D eigenvalue weighted by Gasteiger charge is 2.03. The van der Waals surface area contributed by atoms with E-state index in [1.54, 1.807) is 0 Å². The van der Waals surface area contributed by atoms with E-state index in [0.29, 0.717) is 6.10 Å². The maximum Gasteiger partial charge on any atom is 0.120 e. The minimum absolute atomic E-state index is 0.304. The number of rotatable bonds is 8. The lowest BCUT2D eigenvalue weighted by atomic mass is 10.2. The Hall–Kier alpha value is -1.02. The molecule has 0 saturated heterocycles. The zero-order valence-electron chi connectivity index (χ0n) is 11.3. The van der Waals surface area contributed by atoms with Crippen LogP contribution >= 0.6 is 0 Å². The van der Waals surface area contributed by atoms with E-state index in [2.05, 4.69) is 44.3 Å². The van der Waals surface area contributed by atoms with Crippen LogP contribution in [0.5, 0.6) is 5.75 Å². The van der Waals surface area contributed by atoms with E-state index in [9.17, 15) is 0 Å². The Kier molecular flexibility index (Phi) is 6.71. The molecule has 2 heteroatoms. The van der Waals surface area contributed by atoms with Gasteiger partial charge in [-0.3, -0.25) is 0 Å². The first-order chi connectivity index (χ1) is 8.26. The van der Waals surface area contributed by atoms with E-state index < -0.39 is 0 Å². The summed E-state index contributed by atoms with van der Waals surface area (Å²) in [5.74, 6) is 0.988. The maximum absolute atomic E-state index is 5.87. The van der Waals surface area contributed by atoms with Gasteiger partial charge in [0.1, 0.15) is 5.75 Å². The average molecular weight is 235 g/mol. The summed E-state index contributed by atoms with van der Waals surface area (Å²) in [6, 6.07) is 8.38. The molecule has 0 aliphatic carbocycles. The average Bonchev–Trinajstić information content (AvgIpc) is 2.30. The van der Waals surface area contributed by atoms with Crippen LogP contribution in [0.25, 0.3) is 0 Å². The predicted molar refractivity (Wildman–Crippen MR) is 73.4 cm³/mol. The Bertz CT molecular complexity index is 312.